The van der Waals surface area contributed by atoms with Gasteiger partial charge in [0, 0.05) is 39.4 Å². The summed E-state index contributed by atoms with van der Waals surface area (Å²) in [5.41, 5.74) is 1.02. The van der Waals surface area contributed by atoms with Gasteiger partial charge < -0.3 is 19.7 Å². The minimum atomic E-state index is 0.560. The summed E-state index contributed by atoms with van der Waals surface area (Å²) in [4.78, 5) is 11.0. The van der Waals surface area contributed by atoms with E-state index in [1.807, 2.05) is 31.4 Å². The first kappa shape index (κ1) is 16.7. The number of nitrogens with one attached hydrogen (secondary N) is 1. The van der Waals surface area contributed by atoms with Gasteiger partial charge in [0.1, 0.15) is 0 Å². The highest BCUT2D eigenvalue weighted by atomic mass is 16.5. The molecule has 0 amide bonds. The predicted molar refractivity (Wildman–Crippen MR) is 86.8 cm³/mol. The van der Waals surface area contributed by atoms with Crippen LogP contribution < -0.4 is 5.32 Å². The predicted octanol–water partition coefficient (Wildman–Crippen LogP) is 1.14. The van der Waals surface area contributed by atoms with Crippen LogP contribution in [-0.4, -0.2) is 62.9 Å². The first-order valence-corrected chi connectivity index (χ1v) is 7.75. The highest BCUT2D eigenvalue weighted by molar-refractivity contribution is 5.80. The van der Waals surface area contributed by atoms with Crippen LogP contribution in [-0.2, 0) is 16.0 Å². The van der Waals surface area contributed by atoms with Crippen molar-refractivity contribution in [2.45, 2.75) is 13.0 Å². The van der Waals surface area contributed by atoms with E-state index in [4.69, 9.17) is 9.47 Å². The lowest BCUT2D eigenvalue weighted by molar-refractivity contribution is 0.0536. The zero-order chi connectivity index (χ0) is 15.6. The van der Waals surface area contributed by atoms with Gasteiger partial charge in [0.05, 0.1) is 32.1 Å². The fourth-order valence-corrected chi connectivity index (χ4v) is 2.56. The zero-order valence-electron chi connectivity index (χ0n) is 13.5. The van der Waals surface area contributed by atoms with Crippen LogP contribution in [0, 0.1) is 5.92 Å². The van der Waals surface area contributed by atoms with Gasteiger partial charge >= 0.3 is 0 Å². The monoisotopic (exact) mass is 306 g/mol. The Kier molecular flexibility index (Phi) is 7.12. The first-order valence-electron chi connectivity index (χ1n) is 7.75. The van der Waals surface area contributed by atoms with Gasteiger partial charge in [-0.3, -0.25) is 9.98 Å². The maximum absolute atomic E-state index is 5.63. The number of methoxy groups -OCH3 is 1. The Labute approximate surface area is 132 Å². The van der Waals surface area contributed by atoms with Crippen molar-refractivity contribution in [1.29, 1.82) is 0 Å². The molecule has 22 heavy (non-hydrogen) atoms. The molecule has 0 aliphatic carbocycles. The molecule has 0 aromatic carbocycles. The van der Waals surface area contributed by atoms with Gasteiger partial charge in [0.25, 0.3) is 0 Å². The molecule has 6 nitrogen and oxygen atoms in total. The van der Waals surface area contributed by atoms with Crippen molar-refractivity contribution in [3.05, 3.63) is 30.1 Å². The number of guanidine groups is 1. The molecule has 0 saturated carbocycles. The molecular formula is C16H26N4O2. The molecule has 6 heteroatoms. The number of nitrogens with zero attached hydrogens (tertiary/aromatic N) is 3. The van der Waals surface area contributed by atoms with Gasteiger partial charge in [-0.25, -0.2) is 0 Å². The van der Waals surface area contributed by atoms with Gasteiger partial charge in [-0.05, 0) is 18.6 Å². The molecule has 1 N–H and O–H groups in total. The van der Waals surface area contributed by atoms with Crippen molar-refractivity contribution in [2.24, 2.45) is 10.9 Å². The molecule has 2 heterocycles. The van der Waals surface area contributed by atoms with E-state index in [9.17, 15) is 0 Å². The molecule has 2 rings (SSSR count). The SMILES string of the molecule is CN=C(NCc1ccccn1)N1CCC(COCCOC)C1. The fourth-order valence-electron chi connectivity index (χ4n) is 2.56. The highest BCUT2D eigenvalue weighted by Crippen LogP contribution is 2.16. The second-order valence-electron chi connectivity index (χ2n) is 5.39. The summed E-state index contributed by atoms with van der Waals surface area (Å²) in [6, 6.07) is 5.93. The van der Waals surface area contributed by atoms with Crippen LogP contribution in [0.2, 0.25) is 0 Å². The number of rotatable bonds is 7. The maximum atomic E-state index is 5.63. The number of ether oxygens (including phenoxy) is 2. The van der Waals surface area contributed by atoms with E-state index in [0.29, 0.717) is 25.7 Å². The molecule has 0 bridgehead atoms. The molecule has 1 aromatic heterocycles. The maximum Gasteiger partial charge on any atom is 0.193 e. The largest absolute Gasteiger partial charge is 0.382 e. The van der Waals surface area contributed by atoms with Crippen LogP contribution in [0.15, 0.2) is 29.4 Å². The molecule has 0 spiro atoms. The van der Waals surface area contributed by atoms with E-state index in [0.717, 1.165) is 37.8 Å². The Morgan fingerprint density at radius 2 is 2.36 bits per heavy atom. The average Bonchev–Trinajstić information content (AvgIpc) is 3.02. The summed E-state index contributed by atoms with van der Waals surface area (Å²) < 4.78 is 10.6. The third-order valence-corrected chi connectivity index (χ3v) is 3.74. The summed E-state index contributed by atoms with van der Waals surface area (Å²) in [6.07, 6.45) is 2.94. The topological polar surface area (TPSA) is 59.0 Å². The molecule has 1 saturated heterocycles. The summed E-state index contributed by atoms with van der Waals surface area (Å²) in [5.74, 6) is 1.50. The highest BCUT2D eigenvalue weighted by Gasteiger charge is 2.24. The minimum absolute atomic E-state index is 0.560. The number of aromatic nitrogens is 1. The standard InChI is InChI=1S/C16H26N4O2/c1-17-16(19-11-15-5-3-4-7-18-15)20-8-6-14(12-20)13-22-10-9-21-2/h3-5,7,14H,6,8-13H2,1-2H3,(H,17,19). The van der Waals surface area contributed by atoms with Gasteiger partial charge in [0.2, 0.25) is 0 Å². The van der Waals surface area contributed by atoms with E-state index >= 15 is 0 Å². The number of hydrogen-bond donors (Lipinski definition) is 1. The van der Waals surface area contributed by atoms with Crippen LogP contribution >= 0.6 is 0 Å². The third kappa shape index (κ3) is 5.27. The van der Waals surface area contributed by atoms with Crippen LogP contribution in [0.5, 0.6) is 0 Å². The van der Waals surface area contributed by atoms with Gasteiger partial charge in [0.15, 0.2) is 5.96 Å². The lowest BCUT2D eigenvalue weighted by Crippen LogP contribution is -2.40. The van der Waals surface area contributed by atoms with E-state index in [-0.39, 0.29) is 0 Å². The number of likely N-dealkylation sites (tertiary alicyclic amines) is 1. The Morgan fingerprint density at radius 1 is 1.45 bits per heavy atom. The molecule has 1 aliphatic rings. The lowest BCUT2D eigenvalue weighted by atomic mass is 10.1. The molecule has 1 aromatic rings. The van der Waals surface area contributed by atoms with Gasteiger partial charge in [-0.15, -0.1) is 0 Å². The lowest BCUT2D eigenvalue weighted by Gasteiger charge is -2.21. The van der Waals surface area contributed by atoms with E-state index in [2.05, 4.69) is 20.2 Å². The minimum Gasteiger partial charge on any atom is -0.382 e. The van der Waals surface area contributed by atoms with Gasteiger partial charge in [-0.2, -0.15) is 0 Å². The van der Waals surface area contributed by atoms with Crippen molar-refractivity contribution in [2.75, 3.05) is 47.1 Å². The van der Waals surface area contributed by atoms with E-state index in [1.165, 1.54) is 0 Å². The van der Waals surface area contributed by atoms with E-state index in [1.54, 1.807) is 7.11 Å². The molecule has 0 radical (unpaired) electrons. The Bertz CT molecular complexity index is 453. The number of pyridine rings is 1. The summed E-state index contributed by atoms with van der Waals surface area (Å²) in [6.45, 7) is 4.80. The summed E-state index contributed by atoms with van der Waals surface area (Å²) in [7, 11) is 3.51. The zero-order valence-corrected chi connectivity index (χ0v) is 13.5. The van der Waals surface area contributed by atoms with Gasteiger partial charge in [-0.1, -0.05) is 6.07 Å². The smallest absolute Gasteiger partial charge is 0.193 e. The van der Waals surface area contributed by atoms with Crippen molar-refractivity contribution >= 4 is 5.96 Å². The normalized spacial score (nSPS) is 18.7. The fraction of sp³-hybridized carbons (Fsp3) is 0.625. The van der Waals surface area contributed by atoms with Crippen molar-refractivity contribution in [3.8, 4) is 0 Å². The van der Waals surface area contributed by atoms with Crippen molar-refractivity contribution < 1.29 is 9.47 Å². The van der Waals surface area contributed by atoms with Crippen LogP contribution in [0.25, 0.3) is 0 Å². The average molecular weight is 306 g/mol. The van der Waals surface area contributed by atoms with Crippen LogP contribution in [0.1, 0.15) is 12.1 Å². The number of aliphatic imine (C=N–C) groups is 1. The molecule has 1 fully saturated rings. The number of hydrogen-bond acceptors (Lipinski definition) is 4. The quantitative estimate of drug-likeness (QED) is 0.465. The third-order valence-electron chi connectivity index (χ3n) is 3.74. The van der Waals surface area contributed by atoms with Crippen LogP contribution in [0.3, 0.4) is 0 Å². The molecule has 1 unspecified atom stereocenters. The van der Waals surface area contributed by atoms with E-state index < -0.39 is 0 Å². The Morgan fingerprint density at radius 3 is 3.09 bits per heavy atom. The summed E-state index contributed by atoms with van der Waals surface area (Å²) >= 11 is 0. The summed E-state index contributed by atoms with van der Waals surface area (Å²) in [5, 5.41) is 3.38. The molecule has 122 valence electrons. The first-order chi connectivity index (χ1) is 10.8. The Hall–Kier alpha value is -1.66. The second kappa shape index (κ2) is 9.38. The van der Waals surface area contributed by atoms with Crippen LogP contribution in [0.4, 0.5) is 0 Å². The Balaban J connectivity index is 1.73. The molecule has 1 aliphatic heterocycles. The molecular weight excluding hydrogens is 280 g/mol. The second-order valence-corrected chi connectivity index (χ2v) is 5.39. The molecule has 1 atom stereocenters. The van der Waals surface area contributed by atoms with Crippen molar-refractivity contribution in [3.63, 3.8) is 0 Å². The van der Waals surface area contributed by atoms with Crippen molar-refractivity contribution in [1.82, 2.24) is 15.2 Å².